The zero-order valence-electron chi connectivity index (χ0n) is 17.4. The van der Waals surface area contributed by atoms with E-state index in [1.165, 1.54) is 0 Å². The number of ether oxygens (including phenoxy) is 4. The Morgan fingerprint density at radius 1 is 1.00 bits per heavy atom. The Kier molecular flexibility index (Phi) is 6.90. The summed E-state index contributed by atoms with van der Waals surface area (Å²) in [7, 11) is 4.63. The molecule has 0 bridgehead atoms. The lowest BCUT2D eigenvalue weighted by Gasteiger charge is -2.14. The van der Waals surface area contributed by atoms with E-state index in [0.29, 0.717) is 29.6 Å². The topological polar surface area (TPSA) is 92.9 Å². The molecule has 0 aliphatic carbocycles. The van der Waals surface area contributed by atoms with Crippen LogP contribution in [0.2, 0.25) is 0 Å². The van der Waals surface area contributed by atoms with Gasteiger partial charge in [0.25, 0.3) is 5.89 Å². The highest BCUT2D eigenvalue weighted by Gasteiger charge is 2.20. The number of benzene rings is 2. The second kappa shape index (κ2) is 9.78. The molecule has 0 aliphatic rings. The van der Waals surface area contributed by atoms with Crippen LogP contribution in [0, 0.1) is 0 Å². The molecule has 3 rings (SSSR count). The first-order chi connectivity index (χ1) is 14.5. The summed E-state index contributed by atoms with van der Waals surface area (Å²) in [6, 6.07) is 13.0. The summed E-state index contributed by atoms with van der Waals surface area (Å²) in [5.41, 5.74) is 1.66. The number of esters is 1. The average Bonchev–Trinajstić information content (AvgIpc) is 3.28. The molecule has 2 aromatic carbocycles. The quantitative estimate of drug-likeness (QED) is 0.487. The Morgan fingerprint density at radius 2 is 1.67 bits per heavy atom. The van der Waals surface area contributed by atoms with E-state index in [1.807, 2.05) is 42.5 Å². The average molecular weight is 412 g/mol. The van der Waals surface area contributed by atoms with Gasteiger partial charge >= 0.3 is 5.97 Å². The minimum absolute atomic E-state index is 0.169. The van der Waals surface area contributed by atoms with Crippen molar-refractivity contribution in [2.24, 2.45) is 0 Å². The number of hydrogen-bond donors (Lipinski definition) is 0. The predicted molar refractivity (Wildman–Crippen MR) is 109 cm³/mol. The van der Waals surface area contributed by atoms with Crippen LogP contribution in [-0.4, -0.2) is 37.5 Å². The van der Waals surface area contributed by atoms with Crippen molar-refractivity contribution >= 4 is 5.97 Å². The predicted octanol–water partition coefficient (Wildman–Crippen LogP) is 4.00. The Balaban J connectivity index is 1.60. The molecule has 3 aromatic rings. The lowest BCUT2D eigenvalue weighted by Crippen LogP contribution is -2.10. The SMILES string of the molecule is COc1cc(CCC(=O)OC(C)c2nnc(-c3ccccc3)o2)cc(OC)c1OC. The molecule has 0 fully saturated rings. The van der Waals surface area contributed by atoms with Crippen LogP contribution in [0.4, 0.5) is 0 Å². The first-order valence-electron chi connectivity index (χ1n) is 9.43. The van der Waals surface area contributed by atoms with Gasteiger partial charge in [-0.2, -0.15) is 0 Å². The van der Waals surface area contributed by atoms with Gasteiger partial charge in [0.2, 0.25) is 11.6 Å². The zero-order chi connectivity index (χ0) is 21.5. The van der Waals surface area contributed by atoms with Gasteiger partial charge in [0.15, 0.2) is 17.6 Å². The number of carbonyl (C=O) groups is 1. The maximum Gasteiger partial charge on any atom is 0.306 e. The highest BCUT2D eigenvalue weighted by Crippen LogP contribution is 2.38. The van der Waals surface area contributed by atoms with E-state index in [9.17, 15) is 4.79 Å². The third-order valence-corrected chi connectivity index (χ3v) is 4.46. The number of nitrogens with zero attached hydrogens (tertiary/aromatic N) is 2. The van der Waals surface area contributed by atoms with E-state index >= 15 is 0 Å². The molecule has 158 valence electrons. The van der Waals surface area contributed by atoms with Gasteiger partial charge in [-0.3, -0.25) is 4.79 Å². The molecule has 0 radical (unpaired) electrons. The van der Waals surface area contributed by atoms with Crippen molar-refractivity contribution in [2.75, 3.05) is 21.3 Å². The molecule has 0 saturated carbocycles. The van der Waals surface area contributed by atoms with Crippen LogP contribution >= 0.6 is 0 Å². The van der Waals surface area contributed by atoms with Gasteiger partial charge in [0.1, 0.15) is 0 Å². The maximum atomic E-state index is 12.3. The highest BCUT2D eigenvalue weighted by atomic mass is 16.6. The second-order valence-corrected chi connectivity index (χ2v) is 6.48. The van der Waals surface area contributed by atoms with Gasteiger partial charge in [-0.05, 0) is 43.2 Å². The number of aromatic nitrogens is 2. The van der Waals surface area contributed by atoms with Crippen molar-refractivity contribution in [1.82, 2.24) is 10.2 Å². The molecule has 0 saturated heterocycles. The van der Waals surface area contributed by atoms with E-state index in [4.69, 9.17) is 23.4 Å². The minimum Gasteiger partial charge on any atom is -0.493 e. The molecule has 0 spiro atoms. The molecule has 8 nitrogen and oxygen atoms in total. The largest absolute Gasteiger partial charge is 0.493 e. The van der Waals surface area contributed by atoms with E-state index in [0.717, 1.165) is 11.1 Å². The summed E-state index contributed by atoms with van der Waals surface area (Å²) in [5, 5.41) is 8.00. The van der Waals surface area contributed by atoms with E-state index in [1.54, 1.807) is 28.3 Å². The molecule has 30 heavy (non-hydrogen) atoms. The van der Waals surface area contributed by atoms with Crippen molar-refractivity contribution in [3.63, 3.8) is 0 Å². The molecular weight excluding hydrogens is 388 g/mol. The Bertz CT molecular complexity index is 961. The molecular formula is C22H24N2O6. The summed E-state index contributed by atoms with van der Waals surface area (Å²) in [6.45, 7) is 1.69. The van der Waals surface area contributed by atoms with Crippen LogP contribution in [0.3, 0.4) is 0 Å². The maximum absolute atomic E-state index is 12.3. The third-order valence-electron chi connectivity index (χ3n) is 4.46. The Hall–Kier alpha value is -3.55. The summed E-state index contributed by atoms with van der Waals surface area (Å²) in [4.78, 5) is 12.3. The molecule has 1 aromatic heterocycles. The fraction of sp³-hybridized carbons (Fsp3) is 0.318. The molecule has 1 atom stereocenters. The van der Waals surface area contributed by atoms with Crippen LogP contribution < -0.4 is 14.2 Å². The summed E-state index contributed by atoms with van der Waals surface area (Å²) in [6.07, 6.45) is -0.0355. The van der Waals surface area contributed by atoms with Crippen LogP contribution in [0.25, 0.3) is 11.5 Å². The van der Waals surface area contributed by atoms with Crippen molar-refractivity contribution in [1.29, 1.82) is 0 Å². The summed E-state index contributed by atoms with van der Waals surface area (Å²) in [5.74, 6) is 1.82. The molecule has 0 N–H and O–H groups in total. The van der Waals surface area contributed by atoms with Gasteiger partial charge < -0.3 is 23.4 Å². The molecule has 0 amide bonds. The normalized spacial score (nSPS) is 11.6. The lowest BCUT2D eigenvalue weighted by molar-refractivity contribution is -0.149. The van der Waals surface area contributed by atoms with Crippen molar-refractivity contribution < 1.29 is 28.2 Å². The zero-order valence-corrected chi connectivity index (χ0v) is 17.4. The van der Waals surface area contributed by atoms with Gasteiger partial charge in [-0.15, -0.1) is 10.2 Å². The Morgan fingerprint density at radius 3 is 2.27 bits per heavy atom. The van der Waals surface area contributed by atoms with Crippen LogP contribution in [-0.2, 0) is 16.0 Å². The van der Waals surface area contributed by atoms with Crippen LogP contribution in [0.1, 0.15) is 30.9 Å². The molecule has 1 unspecified atom stereocenters. The summed E-state index contributed by atoms with van der Waals surface area (Å²) >= 11 is 0. The smallest absolute Gasteiger partial charge is 0.306 e. The lowest BCUT2D eigenvalue weighted by atomic mass is 10.1. The van der Waals surface area contributed by atoms with Crippen molar-refractivity contribution in [3.8, 4) is 28.7 Å². The van der Waals surface area contributed by atoms with Crippen molar-refractivity contribution in [2.45, 2.75) is 25.9 Å². The Labute approximate surface area is 174 Å². The second-order valence-electron chi connectivity index (χ2n) is 6.48. The number of aryl methyl sites for hydroxylation is 1. The first-order valence-corrected chi connectivity index (χ1v) is 9.43. The van der Waals surface area contributed by atoms with Gasteiger partial charge in [0, 0.05) is 12.0 Å². The van der Waals surface area contributed by atoms with E-state index < -0.39 is 6.10 Å². The highest BCUT2D eigenvalue weighted by molar-refractivity contribution is 5.70. The number of rotatable bonds is 9. The van der Waals surface area contributed by atoms with Gasteiger partial charge in [0.05, 0.1) is 21.3 Å². The van der Waals surface area contributed by atoms with Crippen LogP contribution in [0.5, 0.6) is 17.2 Å². The molecule has 1 heterocycles. The fourth-order valence-corrected chi connectivity index (χ4v) is 2.93. The van der Waals surface area contributed by atoms with Crippen LogP contribution in [0.15, 0.2) is 46.9 Å². The van der Waals surface area contributed by atoms with Crippen molar-refractivity contribution in [3.05, 3.63) is 53.9 Å². The number of carbonyl (C=O) groups excluding carboxylic acids is 1. The third kappa shape index (κ3) is 4.89. The monoisotopic (exact) mass is 412 g/mol. The molecule has 0 aliphatic heterocycles. The first kappa shape index (κ1) is 21.2. The fourth-order valence-electron chi connectivity index (χ4n) is 2.93. The number of methoxy groups -OCH3 is 3. The van der Waals surface area contributed by atoms with E-state index in [-0.39, 0.29) is 18.3 Å². The molecule has 8 heteroatoms. The van der Waals surface area contributed by atoms with Gasteiger partial charge in [-0.25, -0.2) is 0 Å². The number of hydrogen-bond acceptors (Lipinski definition) is 8. The van der Waals surface area contributed by atoms with E-state index in [2.05, 4.69) is 10.2 Å². The minimum atomic E-state index is -0.651. The standard InChI is InChI=1S/C22H24N2O6/c1-14(21-23-24-22(30-21)16-8-6-5-7-9-16)29-19(25)11-10-15-12-17(26-2)20(28-4)18(13-15)27-3/h5-9,12-14H,10-11H2,1-4H3. The van der Waals surface area contributed by atoms with Gasteiger partial charge in [-0.1, -0.05) is 18.2 Å². The summed E-state index contributed by atoms with van der Waals surface area (Å²) < 4.78 is 27.1.